The summed E-state index contributed by atoms with van der Waals surface area (Å²) in [6.07, 6.45) is 0. The fraction of sp³-hybridized carbons (Fsp3) is 0.100. The third-order valence-electron chi connectivity index (χ3n) is 1.80. The first-order chi connectivity index (χ1) is 7.90. The lowest BCUT2D eigenvalue weighted by molar-refractivity contribution is 0.108. The molecule has 0 heterocycles. The summed E-state index contributed by atoms with van der Waals surface area (Å²) in [7, 11) is 0. The average Bonchev–Trinajstić information content (AvgIpc) is 2.25. The number of hydrogen-bond donors (Lipinski definition) is 0. The fourth-order valence-electron chi connectivity index (χ4n) is 1.14. The second-order valence-electron chi connectivity index (χ2n) is 2.99. The van der Waals surface area contributed by atoms with Crippen LogP contribution in [0.1, 0.15) is 26.3 Å². The van der Waals surface area contributed by atoms with E-state index >= 15 is 0 Å². The first kappa shape index (κ1) is 14.0. The van der Waals surface area contributed by atoms with Gasteiger partial charge in [-0.2, -0.15) is 0 Å². The maximum absolute atomic E-state index is 11.0. The number of halogens is 3. The zero-order valence-electron chi connectivity index (χ0n) is 8.21. The predicted octanol–water partition coefficient (Wildman–Crippen LogP) is 3.32. The molecule has 0 spiro atoms. The van der Waals surface area contributed by atoms with Crippen LogP contribution in [-0.2, 0) is 11.3 Å². The van der Waals surface area contributed by atoms with Crippen molar-refractivity contribution in [3.63, 3.8) is 0 Å². The molecule has 7 heteroatoms. The molecular weight excluding hydrogens is 290 g/mol. The molecule has 0 amide bonds. The van der Waals surface area contributed by atoms with E-state index in [4.69, 9.17) is 34.8 Å². The quantitative estimate of drug-likeness (QED) is 0.799. The van der Waals surface area contributed by atoms with Crippen molar-refractivity contribution in [3.8, 4) is 0 Å². The Labute approximate surface area is 111 Å². The van der Waals surface area contributed by atoms with Crippen molar-refractivity contribution in [1.82, 2.24) is 0 Å². The molecule has 0 saturated heterocycles. The molecule has 1 aromatic rings. The number of benzene rings is 1. The zero-order valence-corrected chi connectivity index (χ0v) is 10.5. The highest BCUT2D eigenvalue weighted by molar-refractivity contribution is 6.69. The van der Waals surface area contributed by atoms with Gasteiger partial charge in [-0.1, -0.05) is 0 Å². The summed E-state index contributed by atoms with van der Waals surface area (Å²) in [5, 5.41) is -1.49. The highest BCUT2D eigenvalue weighted by Gasteiger charge is 2.11. The van der Waals surface area contributed by atoms with Gasteiger partial charge in [0, 0.05) is 22.7 Å². The molecule has 0 saturated carbocycles. The second-order valence-corrected chi connectivity index (χ2v) is 3.99. The van der Waals surface area contributed by atoms with Gasteiger partial charge in [0.15, 0.2) is 0 Å². The molecule has 90 valence electrons. The van der Waals surface area contributed by atoms with Crippen LogP contribution in [0.5, 0.6) is 0 Å². The molecule has 4 nitrogen and oxygen atoms in total. The van der Waals surface area contributed by atoms with Gasteiger partial charge >= 0.3 is 5.43 Å². The molecule has 1 rings (SSSR count). The minimum absolute atomic E-state index is 0.0822. The van der Waals surface area contributed by atoms with E-state index in [1.807, 2.05) is 0 Å². The summed E-state index contributed by atoms with van der Waals surface area (Å²) in [5.74, 6) is 0. The van der Waals surface area contributed by atoms with Gasteiger partial charge < -0.3 is 4.74 Å². The van der Waals surface area contributed by atoms with Crippen molar-refractivity contribution in [2.45, 2.75) is 6.61 Å². The molecule has 1 aromatic carbocycles. The van der Waals surface area contributed by atoms with E-state index in [1.165, 1.54) is 18.2 Å². The Morgan fingerprint density at radius 2 is 1.41 bits per heavy atom. The van der Waals surface area contributed by atoms with Crippen LogP contribution in [0.15, 0.2) is 18.2 Å². The van der Waals surface area contributed by atoms with Crippen LogP contribution in [0.4, 0.5) is 4.79 Å². The van der Waals surface area contributed by atoms with E-state index in [0.29, 0.717) is 5.56 Å². The summed E-state index contributed by atoms with van der Waals surface area (Å²) in [6.45, 7) is -0.183. The number of hydrogen-bond acceptors (Lipinski definition) is 4. The predicted molar refractivity (Wildman–Crippen MR) is 62.8 cm³/mol. The first-order valence-corrected chi connectivity index (χ1v) is 5.39. The highest BCUT2D eigenvalue weighted by Crippen LogP contribution is 2.15. The van der Waals surface area contributed by atoms with E-state index < -0.39 is 15.9 Å². The maximum Gasteiger partial charge on any atom is 0.404 e. The molecule has 0 aliphatic heterocycles. The molecule has 0 bridgehead atoms. The third kappa shape index (κ3) is 4.34. The van der Waals surface area contributed by atoms with Crippen LogP contribution in [0.2, 0.25) is 0 Å². The molecule has 0 N–H and O–H groups in total. The SMILES string of the molecule is O=C(Cl)OCc1cc(C(=O)Cl)cc(C(=O)Cl)c1. The molecular formula is C10H5Cl3O4. The first-order valence-electron chi connectivity index (χ1n) is 4.26. The number of rotatable bonds is 4. The van der Waals surface area contributed by atoms with E-state index in [9.17, 15) is 14.4 Å². The number of carbonyl (C=O) groups is 3. The minimum Gasteiger partial charge on any atom is -0.449 e. The summed E-state index contributed by atoms with van der Waals surface area (Å²) in [6, 6.07) is 3.99. The monoisotopic (exact) mass is 294 g/mol. The van der Waals surface area contributed by atoms with Gasteiger partial charge in [-0.25, -0.2) is 4.79 Å². The second kappa shape index (κ2) is 6.00. The van der Waals surface area contributed by atoms with Crippen LogP contribution < -0.4 is 0 Å². The zero-order chi connectivity index (χ0) is 13.0. The van der Waals surface area contributed by atoms with Crippen molar-refractivity contribution in [1.29, 1.82) is 0 Å². The minimum atomic E-state index is -0.994. The van der Waals surface area contributed by atoms with E-state index in [2.05, 4.69) is 4.74 Å². The van der Waals surface area contributed by atoms with Gasteiger partial charge in [-0.3, -0.25) is 9.59 Å². The lowest BCUT2D eigenvalue weighted by Gasteiger charge is -2.05. The molecule has 0 aromatic heterocycles. The smallest absolute Gasteiger partial charge is 0.404 e. The van der Waals surface area contributed by atoms with Crippen molar-refractivity contribution < 1.29 is 19.1 Å². The Balaban J connectivity index is 3.08. The Hall–Kier alpha value is -1.10. The van der Waals surface area contributed by atoms with E-state index in [-0.39, 0.29) is 17.7 Å². The van der Waals surface area contributed by atoms with Gasteiger partial charge in [-0.05, 0) is 47.0 Å². The molecule has 0 aliphatic carbocycles. The van der Waals surface area contributed by atoms with Gasteiger partial charge in [0.25, 0.3) is 10.5 Å². The Bertz CT molecular complexity index is 452. The van der Waals surface area contributed by atoms with Crippen LogP contribution in [-0.4, -0.2) is 15.9 Å². The van der Waals surface area contributed by atoms with Crippen LogP contribution >= 0.6 is 34.8 Å². The fourth-order valence-corrected chi connectivity index (χ4v) is 1.42. The molecule has 0 fully saturated rings. The molecule has 0 atom stereocenters. The lowest BCUT2D eigenvalue weighted by Crippen LogP contribution is -2.01. The van der Waals surface area contributed by atoms with E-state index in [1.54, 1.807) is 0 Å². The van der Waals surface area contributed by atoms with Crippen LogP contribution in [0.25, 0.3) is 0 Å². The summed E-state index contributed by atoms with van der Waals surface area (Å²) in [5.41, 5.74) is -0.446. The van der Waals surface area contributed by atoms with Gasteiger partial charge in [0.05, 0.1) is 0 Å². The number of carbonyl (C=O) groups excluding carboxylic acids is 3. The van der Waals surface area contributed by atoms with Crippen molar-refractivity contribution in [3.05, 3.63) is 34.9 Å². The topological polar surface area (TPSA) is 60.4 Å². The van der Waals surface area contributed by atoms with Crippen LogP contribution in [0, 0.1) is 0 Å². The van der Waals surface area contributed by atoms with Crippen molar-refractivity contribution in [2.75, 3.05) is 0 Å². The summed E-state index contributed by atoms with van der Waals surface area (Å²) < 4.78 is 4.52. The van der Waals surface area contributed by atoms with Crippen molar-refractivity contribution in [2.24, 2.45) is 0 Å². The molecule has 17 heavy (non-hydrogen) atoms. The Kier molecular flexibility index (Phi) is 4.93. The van der Waals surface area contributed by atoms with Gasteiger partial charge in [0.2, 0.25) is 0 Å². The lowest BCUT2D eigenvalue weighted by atomic mass is 10.1. The van der Waals surface area contributed by atoms with Crippen molar-refractivity contribution >= 4 is 50.7 Å². The van der Waals surface area contributed by atoms with E-state index in [0.717, 1.165) is 0 Å². The number of ether oxygens (including phenoxy) is 1. The Morgan fingerprint density at radius 3 is 1.76 bits per heavy atom. The normalized spacial score (nSPS) is 9.82. The molecule has 0 aliphatic rings. The highest BCUT2D eigenvalue weighted by atomic mass is 35.5. The van der Waals surface area contributed by atoms with Crippen LogP contribution in [0.3, 0.4) is 0 Å². The van der Waals surface area contributed by atoms with Gasteiger partial charge in [-0.15, -0.1) is 0 Å². The van der Waals surface area contributed by atoms with Gasteiger partial charge in [0.1, 0.15) is 6.61 Å². The Morgan fingerprint density at radius 1 is 0.941 bits per heavy atom. The average molecular weight is 296 g/mol. The standard InChI is InChI=1S/C10H5Cl3O4/c11-8(14)6-1-5(4-17-10(13)16)2-7(3-6)9(12)15/h1-3H,4H2. The third-order valence-corrected chi connectivity index (χ3v) is 2.34. The molecule has 0 unspecified atom stereocenters. The largest absolute Gasteiger partial charge is 0.449 e. The summed E-state index contributed by atoms with van der Waals surface area (Å²) in [4.78, 5) is 32.4. The molecule has 0 radical (unpaired) electrons. The summed E-state index contributed by atoms with van der Waals surface area (Å²) >= 11 is 15.6. The maximum atomic E-state index is 11.0.